The second-order valence-electron chi connectivity index (χ2n) is 5.23. The Bertz CT molecular complexity index is 726. The lowest BCUT2D eigenvalue weighted by Gasteiger charge is -2.08. The maximum Gasteiger partial charge on any atom is 0.230 e. The van der Waals surface area contributed by atoms with E-state index in [9.17, 15) is 9.59 Å². The van der Waals surface area contributed by atoms with Gasteiger partial charge in [-0.2, -0.15) is 0 Å². The maximum absolute atomic E-state index is 11.8. The number of carbonyl (C=O) groups excluding carboxylic acids is 2. The van der Waals surface area contributed by atoms with Crippen LogP contribution in [0.3, 0.4) is 0 Å². The second kappa shape index (κ2) is 10.3. The van der Waals surface area contributed by atoms with Crippen LogP contribution < -0.4 is 10.6 Å². The third-order valence-corrected chi connectivity index (χ3v) is 4.96. The average Bonchev–Trinajstić information content (AvgIpc) is 2.60. The number of amides is 2. The summed E-state index contributed by atoms with van der Waals surface area (Å²) in [5.74, 6) is 0.0387. The minimum Gasteiger partial charge on any atom is -0.354 e. The molecule has 0 spiro atoms. The quantitative estimate of drug-likeness (QED) is 0.529. The van der Waals surface area contributed by atoms with Crippen LogP contribution in [0.5, 0.6) is 0 Å². The number of hydrogen-bond acceptors (Lipinski definition) is 3. The molecule has 4 nitrogen and oxygen atoms in total. The van der Waals surface area contributed by atoms with Crippen molar-refractivity contribution in [2.45, 2.75) is 11.3 Å². The number of benzene rings is 2. The highest BCUT2D eigenvalue weighted by Crippen LogP contribution is 2.29. The van der Waals surface area contributed by atoms with Crippen molar-refractivity contribution in [2.75, 3.05) is 18.8 Å². The number of thioether (sulfide) groups is 1. The molecule has 0 saturated carbocycles. The summed E-state index contributed by atoms with van der Waals surface area (Å²) in [5.41, 5.74) is 0.957. The van der Waals surface area contributed by atoms with E-state index in [1.807, 2.05) is 30.3 Å². The van der Waals surface area contributed by atoms with E-state index in [1.165, 1.54) is 11.8 Å². The number of rotatable bonds is 8. The molecule has 0 atom stereocenters. The number of hydrogen-bond donors (Lipinski definition) is 2. The summed E-state index contributed by atoms with van der Waals surface area (Å²) in [5, 5.41) is 6.68. The van der Waals surface area contributed by atoms with Crippen molar-refractivity contribution in [3.05, 3.63) is 64.1 Å². The highest BCUT2D eigenvalue weighted by Gasteiger charge is 2.07. The van der Waals surface area contributed by atoms with E-state index in [1.54, 1.807) is 18.2 Å². The molecule has 0 saturated heterocycles. The Morgan fingerprint density at radius 2 is 1.60 bits per heavy atom. The van der Waals surface area contributed by atoms with Crippen LogP contribution in [0.2, 0.25) is 10.0 Å². The van der Waals surface area contributed by atoms with Gasteiger partial charge in [-0.15, -0.1) is 11.8 Å². The number of carbonyl (C=O) groups is 2. The molecular formula is C18H18Cl2N2O2S. The molecule has 0 aromatic heterocycles. The Morgan fingerprint density at radius 1 is 0.920 bits per heavy atom. The van der Waals surface area contributed by atoms with Crippen LogP contribution in [0.4, 0.5) is 0 Å². The van der Waals surface area contributed by atoms with Crippen LogP contribution >= 0.6 is 35.0 Å². The first kappa shape index (κ1) is 19.6. The fraction of sp³-hybridized carbons (Fsp3) is 0.222. The van der Waals surface area contributed by atoms with Crippen LogP contribution in [-0.2, 0) is 16.0 Å². The molecule has 2 rings (SSSR count). The first-order valence-electron chi connectivity index (χ1n) is 7.70. The van der Waals surface area contributed by atoms with E-state index in [4.69, 9.17) is 23.2 Å². The van der Waals surface area contributed by atoms with E-state index in [0.717, 1.165) is 10.5 Å². The summed E-state index contributed by atoms with van der Waals surface area (Å²) in [7, 11) is 0. The lowest BCUT2D eigenvalue weighted by molar-refractivity contribution is -0.121. The average molecular weight is 397 g/mol. The zero-order valence-corrected chi connectivity index (χ0v) is 15.8. The predicted octanol–water partition coefficient (Wildman–Crippen LogP) is 3.56. The summed E-state index contributed by atoms with van der Waals surface area (Å²) < 4.78 is 0. The summed E-state index contributed by atoms with van der Waals surface area (Å²) in [6.07, 6.45) is 0.331. The standard InChI is InChI=1S/C18H18Cl2N2O2S/c19-14-6-7-15(20)16(11-14)25-12-18(24)22-9-8-21-17(23)10-13-4-2-1-3-5-13/h1-7,11H,8-10,12H2,(H,21,23)(H,22,24). The molecule has 7 heteroatoms. The normalized spacial score (nSPS) is 10.3. The van der Waals surface area contributed by atoms with Gasteiger partial charge in [0, 0.05) is 23.0 Å². The highest BCUT2D eigenvalue weighted by atomic mass is 35.5. The zero-order chi connectivity index (χ0) is 18.1. The Balaban J connectivity index is 1.62. The number of halogens is 2. The minimum absolute atomic E-state index is 0.0690. The Morgan fingerprint density at radius 3 is 2.32 bits per heavy atom. The van der Waals surface area contributed by atoms with Crippen LogP contribution in [0.1, 0.15) is 5.56 Å². The van der Waals surface area contributed by atoms with Gasteiger partial charge >= 0.3 is 0 Å². The van der Waals surface area contributed by atoms with E-state index in [2.05, 4.69) is 10.6 Å². The molecule has 0 aliphatic heterocycles. The van der Waals surface area contributed by atoms with E-state index < -0.39 is 0 Å². The van der Waals surface area contributed by atoms with Crippen molar-refractivity contribution in [2.24, 2.45) is 0 Å². The number of nitrogens with one attached hydrogen (secondary N) is 2. The van der Waals surface area contributed by atoms with E-state index in [-0.39, 0.29) is 17.6 Å². The maximum atomic E-state index is 11.8. The molecule has 0 fully saturated rings. The highest BCUT2D eigenvalue weighted by molar-refractivity contribution is 8.00. The Hall–Kier alpha value is -1.69. The molecule has 0 aliphatic rings. The molecule has 0 aliphatic carbocycles. The van der Waals surface area contributed by atoms with Gasteiger partial charge in [-0.3, -0.25) is 9.59 Å². The summed E-state index contributed by atoms with van der Waals surface area (Å²) >= 11 is 13.3. The smallest absolute Gasteiger partial charge is 0.230 e. The van der Waals surface area contributed by atoms with E-state index >= 15 is 0 Å². The second-order valence-corrected chi connectivity index (χ2v) is 7.09. The summed E-state index contributed by atoms with van der Waals surface area (Å²) in [6.45, 7) is 0.767. The monoisotopic (exact) mass is 396 g/mol. The first-order valence-corrected chi connectivity index (χ1v) is 9.44. The minimum atomic E-state index is -0.127. The predicted molar refractivity (Wildman–Crippen MR) is 103 cm³/mol. The molecule has 25 heavy (non-hydrogen) atoms. The Labute approximate surface area is 161 Å². The van der Waals surface area contributed by atoms with Crippen molar-refractivity contribution in [3.63, 3.8) is 0 Å². The van der Waals surface area contributed by atoms with Crippen molar-refractivity contribution in [3.8, 4) is 0 Å². The lowest BCUT2D eigenvalue weighted by Crippen LogP contribution is -2.36. The Kier molecular flexibility index (Phi) is 8.12. The van der Waals surface area contributed by atoms with Crippen molar-refractivity contribution in [1.82, 2.24) is 10.6 Å². The molecule has 0 unspecified atom stereocenters. The van der Waals surface area contributed by atoms with Gasteiger partial charge in [-0.05, 0) is 23.8 Å². The van der Waals surface area contributed by atoms with Crippen LogP contribution in [0, 0.1) is 0 Å². The third kappa shape index (κ3) is 7.38. The van der Waals surface area contributed by atoms with Crippen molar-refractivity contribution >= 4 is 46.8 Å². The van der Waals surface area contributed by atoms with Gasteiger partial charge in [0.2, 0.25) is 11.8 Å². The molecule has 0 radical (unpaired) electrons. The molecule has 2 N–H and O–H groups in total. The topological polar surface area (TPSA) is 58.2 Å². The SMILES string of the molecule is O=C(CSc1cc(Cl)ccc1Cl)NCCNC(=O)Cc1ccccc1. The van der Waals surface area contributed by atoms with Crippen LogP contribution in [0.15, 0.2) is 53.4 Å². The third-order valence-electron chi connectivity index (χ3n) is 3.23. The molecule has 2 amide bonds. The van der Waals surface area contributed by atoms with E-state index in [0.29, 0.717) is 29.6 Å². The zero-order valence-electron chi connectivity index (χ0n) is 13.4. The molecule has 0 heterocycles. The van der Waals surface area contributed by atoms with Gasteiger partial charge in [0.1, 0.15) is 0 Å². The largest absolute Gasteiger partial charge is 0.354 e. The molecule has 2 aromatic rings. The van der Waals surface area contributed by atoms with Gasteiger partial charge in [0.15, 0.2) is 0 Å². The molecule has 0 bridgehead atoms. The van der Waals surface area contributed by atoms with Crippen LogP contribution in [-0.4, -0.2) is 30.7 Å². The van der Waals surface area contributed by atoms with Gasteiger partial charge in [0.05, 0.1) is 17.2 Å². The molecule has 132 valence electrons. The fourth-order valence-electron chi connectivity index (χ4n) is 2.03. The first-order chi connectivity index (χ1) is 12.0. The molecular weight excluding hydrogens is 379 g/mol. The van der Waals surface area contributed by atoms with Crippen molar-refractivity contribution < 1.29 is 9.59 Å². The van der Waals surface area contributed by atoms with Crippen LogP contribution in [0.25, 0.3) is 0 Å². The summed E-state index contributed by atoms with van der Waals surface area (Å²) in [4.78, 5) is 24.4. The van der Waals surface area contributed by atoms with Gasteiger partial charge in [-0.25, -0.2) is 0 Å². The molecule has 2 aromatic carbocycles. The van der Waals surface area contributed by atoms with Crippen molar-refractivity contribution in [1.29, 1.82) is 0 Å². The van der Waals surface area contributed by atoms with Gasteiger partial charge in [0.25, 0.3) is 0 Å². The van der Waals surface area contributed by atoms with Gasteiger partial charge in [-0.1, -0.05) is 53.5 Å². The lowest BCUT2D eigenvalue weighted by atomic mass is 10.1. The summed E-state index contributed by atoms with van der Waals surface area (Å²) in [6, 6.07) is 14.6. The fourth-order valence-corrected chi connectivity index (χ4v) is 3.35. The van der Waals surface area contributed by atoms with Gasteiger partial charge < -0.3 is 10.6 Å².